The Kier molecular flexibility index (Phi) is 4.55. The van der Waals surface area contributed by atoms with E-state index in [4.69, 9.17) is 0 Å². The van der Waals surface area contributed by atoms with Crippen molar-refractivity contribution in [2.75, 3.05) is 0 Å². The van der Waals surface area contributed by atoms with E-state index in [9.17, 15) is 0 Å². The highest BCUT2D eigenvalue weighted by molar-refractivity contribution is 5.13. The molecule has 0 saturated heterocycles. The summed E-state index contributed by atoms with van der Waals surface area (Å²) in [5.41, 5.74) is 1.77. The Morgan fingerprint density at radius 2 is 1.85 bits per heavy atom. The second-order valence-electron chi connectivity index (χ2n) is 4.34. The molecule has 0 aromatic heterocycles. The maximum Gasteiger partial charge on any atom is -0.0203 e. The summed E-state index contributed by atoms with van der Waals surface area (Å²) in [7, 11) is 0. The molecule has 0 unspecified atom stereocenters. The van der Waals surface area contributed by atoms with Gasteiger partial charge in [0.15, 0.2) is 0 Å². The Bertz CT molecular complexity index is 159. The molecular formula is C13H24. The summed E-state index contributed by atoms with van der Waals surface area (Å²) in [6, 6.07) is 0. The molecule has 1 aliphatic carbocycles. The highest BCUT2D eigenvalue weighted by Crippen LogP contribution is 2.39. The van der Waals surface area contributed by atoms with Gasteiger partial charge in [-0.15, -0.1) is 0 Å². The molecule has 0 N–H and O–H groups in total. The summed E-state index contributed by atoms with van der Waals surface area (Å²) in [6.45, 7) is 6.91. The fraction of sp³-hybridized carbons (Fsp3) is 0.846. The van der Waals surface area contributed by atoms with E-state index in [1.807, 2.05) is 0 Å². The Morgan fingerprint density at radius 3 is 2.23 bits per heavy atom. The van der Waals surface area contributed by atoms with Crippen LogP contribution in [0.1, 0.15) is 59.3 Å². The van der Waals surface area contributed by atoms with Gasteiger partial charge in [-0.25, -0.2) is 0 Å². The summed E-state index contributed by atoms with van der Waals surface area (Å²) in [5, 5.41) is 0. The van der Waals surface area contributed by atoms with Crippen molar-refractivity contribution in [1.82, 2.24) is 0 Å². The van der Waals surface area contributed by atoms with Gasteiger partial charge in [-0.2, -0.15) is 0 Å². The first-order valence-corrected chi connectivity index (χ1v) is 6.02. The molecule has 0 heterocycles. The predicted molar refractivity (Wildman–Crippen MR) is 59.8 cm³/mol. The van der Waals surface area contributed by atoms with Gasteiger partial charge in [0.05, 0.1) is 0 Å². The lowest BCUT2D eigenvalue weighted by atomic mass is 9.96. The highest BCUT2D eigenvalue weighted by Gasteiger charge is 2.25. The normalized spacial score (nSPS) is 18.3. The van der Waals surface area contributed by atoms with E-state index in [1.54, 1.807) is 5.57 Å². The molecule has 0 amide bonds. The van der Waals surface area contributed by atoms with Gasteiger partial charge in [-0.3, -0.25) is 0 Å². The van der Waals surface area contributed by atoms with Crippen molar-refractivity contribution in [3.63, 3.8) is 0 Å². The first-order chi connectivity index (χ1) is 6.31. The van der Waals surface area contributed by atoms with Crippen LogP contribution in [0.25, 0.3) is 0 Å². The van der Waals surface area contributed by atoms with E-state index >= 15 is 0 Å². The minimum atomic E-state index is 0.849. The van der Waals surface area contributed by atoms with Crippen molar-refractivity contribution in [2.45, 2.75) is 59.3 Å². The molecule has 0 aliphatic heterocycles. The van der Waals surface area contributed by atoms with Gasteiger partial charge >= 0.3 is 0 Å². The molecule has 0 aromatic rings. The predicted octanol–water partition coefficient (Wildman–Crippen LogP) is 4.56. The topological polar surface area (TPSA) is 0 Å². The van der Waals surface area contributed by atoms with Gasteiger partial charge in [0.1, 0.15) is 0 Å². The second kappa shape index (κ2) is 5.47. The van der Waals surface area contributed by atoms with Crippen molar-refractivity contribution in [3.05, 3.63) is 11.6 Å². The van der Waals surface area contributed by atoms with Gasteiger partial charge in [0.25, 0.3) is 0 Å². The van der Waals surface area contributed by atoms with Crippen molar-refractivity contribution in [2.24, 2.45) is 11.8 Å². The van der Waals surface area contributed by atoms with Gasteiger partial charge in [0.2, 0.25) is 0 Å². The summed E-state index contributed by atoms with van der Waals surface area (Å²) >= 11 is 0. The molecule has 0 bridgehead atoms. The molecule has 0 aromatic carbocycles. The molecule has 1 fully saturated rings. The smallest absolute Gasteiger partial charge is 0.0203 e. The van der Waals surface area contributed by atoms with Crippen molar-refractivity contribution >= 4 is 0 Å². The molecule has 1 saturated carbocycles. The Morgan fingerprint density at radius 1 is 1.23 bits per heavy atom. The zero-order valence-corrected chi connectivity index (χ0v) is 9.47. The van der Waals surface area contributed by atoms with Crippen molar-refractivity contribution < 1.29 is 0 Å². The molecule has 0 nitrogen and oxygen atoms in total. The lowest BCUT2D eigenvalue weighted by molar-refractivity contribution is 0.593. The average Bonchev–Trinajstić information content (AvgIpc) is 2.95. The molecule has 13 heavy (non-hydrogen) atoms. The van der Waals surface area contributed by atoms with E-state index in [2.05, 4.69) is 26.8 Å². The minimum absolute atomic E-state index is 0.849. The van der Waals surface area contributed by atoms with Crippen LogP contribution in [0.15, 0.2) is 11.6 Å². The highest BCUT2D eigenvalue weighted by atomic mass is 14.3. The SMILES string of the molecule is CCCC(=CC(CC)CC)C1CC1. The minimum Gasteiger partial charge on any atom is -0.0820 e. The average molecular weight is 180 g/mol. The molecule has 0 heteroatoms. The first kappa shape index (κ1) is 10.8. The molecule has 0 atom stereocenters. The van der Waals surface area contributed by atoms with Crippen molar-refractivity contribution in [3.8, 4) is 0 Å². The van der Waals surface area contributed by atoms with Gasteiger partial charge in [-0.05, 0) is 43.9 Å². The molecule has 76 valence electrons. The van der Waals surface area contributed by atoms with Gasteiger partial charge in [-0.1, -0.05) is 38.8 Å². The number of hydrogen-bond acceptors (Lipinski definition) is 0. The first-order valence-electron chi connectivity index (χ1n) is 6.02. The Labute approximate surface area is 83.4 Å². The number of allylic oxidation sites excluding steroid dienone is 2. The largest absolute Gasteiger partial charge is 0.0820 e. The van der Waals surface area contributed by atoms with E-state index in [1.165, 1.54) is 38.5 Å². The molecule has 1 aliphatic rings. The summed E-state index contributed by atoms with van der Waals surface area (Å²) < 4.78 is 0. The monoisotopic (exact) mass is 180 g/mol. The number of rotatable bonds is 6. The summed E-state index contributed by atoms with van der Waals surface area (Å²) in [4.78, 5) is 0. The van der Waals surface area contributed by atoms with Crippen LogP contribution in [0.4, 0.5) is 0 Å². The van der Waals surface area contributed by atoms with Crippen LogP contribution >= 0.6 is 0 Å². The molecular weight excluding hydrogens is 156 g/mol. The quantitative estimate of drug-likeness (QED) is 0.526. The maximum atomic E-state index is 2.58. The fourth-order valence-electron chi connectivity index (χ4n) is 1.99. The maximum absolute atomic E-state index is 2.58. The second-order valence-corrected chi connectivity index (χ2v) is 4.34. The zero-order valence-electron chi connectivity index (χ0n) is 9.47. The fourth-order valence-corrected chi connectivity index (χ4v) is 1.99. The van der Waals surface area contributed by atoms with Crippen molar-refractivity contribution in [1.29, 1.82) is 0 Å². The van der Waals surface area contributed by atoms with Crippen LogP contribution in [0.3, 0.4) is 0 Å². The van der Waals surface area contributed by atoms with E-state index < -0.39 is 0 Å². The molecule has 1 rings (SSSR count). The Balaban J connectivity index is 2.49. The van der Waals surface area contributed by atoms with E-state index in [-0.39, 0.29) is 0 Å². The third kappa shape index (κ3) is 3.54. The standard InChI is InChI=1S/C13H24/c1-4-7-13(12-8-9-12)10-11(5-2)6-3/h10-12H,4-9H2,1-3H3. The summed E-state index contributed by atoms with van der Waals surface area (Å²) in [6.07, 6.45) is 10.8. The van der Waals surface area contributed by atoms with Crippen LogP contribution in [-0.2, 0) is 0 Å². The summed E-state index contributed by atoms with van der Waals surface area (Å²) in [5.74, 6) is 1.84. The zero-order chi connectivity index (χ0) is 9.68. The Hall–Kier alpha value is -0.260. The molecule has 0 spiro atoms. The third-order valence-electron chi connectivity index (χ3n) is 3.14. The van der Waals surface area contributed by atoms with Crippen LogP contribution in [0.5, 0.6) is 0 Å². The van der Waals surface area contributed by atoms with E-state index in [0.29, 0.717) is 0 Å². The van der Waals surface area contributed by atoms with E-state index in [0.717, 1.165) is 11.8 Å². The van der Waals surface area contributed by atoms with Crippen LogP contribution in [0, 0.1) is 11.8 Å². The molecule has 0 radical (unpaired) electrons. The van der Waals surface area contributed by atoms with Crippen LogP contribution in [0.2, 0.25) is 0 Å². The van der Waals surface area contributed by atoms with Gasteiger partial charge < -0.3 is 0 Å². The third-order valence-corrected chi connectivity index (χ3v) is 3.14. The lowest BCUT2D eigenvalue weighted by Gasteiger charge is -2.10. The van der Waals surface area contributed by atoms with Gasteiger partial charge in [0, 0.05) is 0 Å². The lowest BCUT2D eigenvalue weighted by Crippen LogP contribution is -1.96. The van der Waals surface area contributed by atoms with Crippen LogP contribution in [-0.4, -0.2) is 0 Å². The van der Waals surface area contributed by atoms with Crippen LogP contribution < -0.4 is 0 Å². The number of hydrogen-bond donors (Lipinski definition) is 0.